The van der Waals surface area contributed by atoms with Crippen LogP contribution < -0.4 is 0 Å². The molecule has 1 aliphatic heterocycles. The van der Waals surface area contributed by atoms with E-state index in [4.69, 9.17) is 19.4 Å². The Morgan fingerprint density at radius 2 is 2.09 bits per heavy atom. The molecule has 0 amide bonds. The molecular weight excluding hydrogens is 194 g/mol. The van der Waals surface area contributed by atoms with Gasteiger partial charge in [0.05, 0.1) is 13.2 Å². The second kappa shape index (κ2) is 4.60. The van der Waals surface area contributed by atoms with Crippen LogP contribution >= 0.6 is 17.2 Å². The van der Waals surface area contributed by atoms with Crippen LogP contribution in [-0.2, 0) is 13.6 Å². The molecule has 1 heterocycles. The molecule has 11 heavy (non-hydrogen) atoms. The van der Waals surface area contributed by atoms with Crippen LogP contribution in [0.3, 0.4) is 0 Å². The molecule has 8 heteroatoms. The Kier molecular flexibility index (Phi) is 4.06. The molecule has 3 N–H and O–H groups in total. The second-order valence-corrected chi connectivity index (χ2v) is 3.72. The Morgan fingerprint density at radius 1 is 1.45 bits per heavy atom. The van der Waals surface area contributed by atoms with Gasteiger partial charge in [0.2, 0.25) is 0 Å². The van der Waals surface area contributed by atoms with Gasteiger partial charge in [0.1, 0.15) is 6.10 Å². The lowest BCUT2D eigenvalue weighted by atomic mass is 10.5. The van der Waals surface area contributed by atoms with Gasteiger partial charge in [-0.25, -0.2) is 4.31 Å². The zero-order chi connectivity index (χ0) is 8.27. The largest absolute Gasteiger partial charge is 0.371 e. The van der Waals surface area contributed by atoms with Crippen LogP contribution in [0.1, 0.15) is 0 Å². The first-order valence-electron chi connectivity index (χ1n) is 2.78. The van der Waals surface area contributed by atoms with Crippen LogP contribution in [-0.4, -0.2) is 34.0 Å². The van der Waals surface area contributed by atoms with E-state index in [9.17, 15) is 0 Å². The SMILES string of the molecule is OP(O)OP(O)OCC1CO1. The van der Waals surface area contributed by atoms with Gasteiger partial charge in [-0.3, -0.25) is 0 Å². The summed E-state index contributed by atoms with van der Waals surface area (Å²) in [5.41, 5.74) is 0. The smallest absolute Gasteiger partial charge is 0.337 e. The summed E-state index contributed by atoms with van der Waals surface area (Å²) in [4.78, 5) is 25.3. The van der Waals surface area contributed by atoms with Gasteiger partial charge in [-0.1, -0.05) is 0 Å². The minimum absolute atomic E-state index is 0.0272. The molecule has 2 atom stereocenters. The first kappa shape index (κ1) is 9.71. The highest BCUT2D eigenvalue weighted by molar-refractivity contribution is 7.54. The van der Waals surface area contributed by atoms with Crippen LogP contribution in [0.15, 0.2) is 0 Å². The fourth-order valence-corrected chi connectivity index (χ4v) is 1.38. The van der Waals surface area contributed by atoms with Crippen molar-refractivity contribution in [3.8, 4) is 0 Å². The fraction of sp³-hybridized carbons (Fsp3) is 1.00. The van der Waals surface area contributed by atoms with Crippen molar-refractivity contribution >= 4 is 17.2 Å². The lowest BCUT2D eigenvalue weighted by Gasteiger charge is -2.08. The van der Waals surface area contributed by atoms with Gasteiger partial charge in [-0.05, 0) is 0 Å². The summed E-state index contributed by atoms with van der Waals surface area (Å²) in [6, 6.07) is 0. The van der Waals surface area contributed by atoms with Crippen molar-refractivity contribution < 1.29 is 28.3 Å². The quantitative estimate of drug-likeness (QED) is 0.424. The van der Waals surface area contributed by atoms with Gasteiger partial charge >= 0.3 is 17.2 Å². The van der Waals surface area contributed by atoms with E-state index in [0.717, 1.165) is 0 Å². The number of epoxide rings is 1. The molecule has 0 aromatic carbocycles. The third-order valence-electron chi connectivity index (χ3n) is 0.916. The second-order valence-electron chi connectivity index (χ2n) is 1.82. The highest BCUT2D eigenvalue weighted by atomic mass is 31.2. The first-order chi connectivity index (χ1) is 5.18. The van der Waals surface area contributed by atoms with Crippen molar-refractivity contribution in [1.82, 2.24) is 0 Å². The number of hydrogen-bond acceptors (Lipinski definition) is 6. The molecule has 0 bridgehead atoms. The molecule has 0 spiro atoms. The predicted molar refractivity (Wildman–Crippen MR) is 37.3 cm³/mol. The van der Waals surface area contributed by atoms with E-state index in [-0.39, 0.29) is 12.7 Å². The van der Waals surface area contributed by atoms with Gasteiger partial charge in [0, 0.05) is 0 Å². The maximum atomic E-state index is 8.76. The van der Waals surface area contributed by atoms with E-state index in [2.05, 4.69) is 8.83 Å². The molecule has 0 saturated carbocycles. The van der Waals surface area contributed by atoms with E-state index in [0.29, 0.717) is 6.61 Å². The Bertz CT molecular complexity index is 116. The molecule has 2 unspecified atom stereocenters. The maximum Gasteiger partial charge on any atom is 0.337 e. The van der Waals surface area contributed by atoms with Gasteiger partial charge in [-0.15, -0.1) is 0 Å². The summed E-state index contributed by atoms with van der Waals surface area (Å²) >= 11 is 0. The monoisotopic (exact) mass is 202 g/mol. The zero-order valence-corrected chi connectivity index (χ0v) is 7.24. The van der Waals surface area contributed by atoms with Gasteiger partial charge < -0.3 is 23.9 Å². The Hall–Kier alpha value is 0.620. The van der Waals surface area contributed by atoms with Crippen LogP contribution in [0.25, 0.3) is 0 Å². The van der Waals surface area contributed by atoms with Crippen molar-refractivity contribution in [2.75, 3.05) is 13.2 Å². The lowest BCUT2D eigenvalue weighted by molar-refractivity contribution is 0.222. The predicted octanol–water partition coefficient (Wildman–Crippen LogP) is -0.151. The Morgan fingerprint density at radius 3 is 2.55 bits per heavy atom. The van der Waals surface area contributed by atoms with Gasteiger partial charge in [0.15, 0.2) is 0 Å². The van der Waals surface area contributed by atoms with Crippen LogP contribution in [0.4, 0.5) is 0 Å². The molecule has 0 radical (unpaired) electrons. The van der Waals surface area contributed by atoms with E-state index in [1.165, 1.54) is 0 Å². The third kappa shape index (κ3) is 4.95. The van der Waals surface area contributed by atoms with Crippen molar-refractivity contribution in [1.29, 1.82) is 0 Å². The summed E-state index contributed by atoms with van der Waals surface area (Å²) < 4.78 is 13.6. The third-order valence-corrected chi connectivity index (χ3v) is 2.43. The molecule has 0 aromatic rings. The zero-order valence-electron chi connectivity index (χ0n) is 5.45. The molecule has 6 nitrogen and oxygen atoms in total. The van der Waals surface area contributed by atoms with Gasteiger partial charge in [-0.2, -0.15) is 0 Å². The average molecular weight is 202 g/mol. The van der Waals surface area contributed by atoms with Crippen molar-refractivity contribution in [2.45, 2.75) is 6.10 Å². The molecule has 1 aliphatic rings. The number of ether oxygens (including phenoxy) is 1. The van der Waals surface area contributed by atoms with Crippen LogP contribution in [0, 0.1) is 0 Å². The highest BCUT2D eigenvalue weighted by Gasteiger charge is 2.25. The highest BCUT2D eigenvalue weighted by Crippen LogP contribution is 2.46. The minimum Gasteiger partial charge on any atom is -0.371 e. The minimum atomic E-state index is -2.54. The number of rotatable bonds is 5. The van der Waals surface area contributed by atoms with Crippen LogP contribution in [0.5, 0.6) is 0 Å². The van der Waals surface area contributed by atoms with E-state index < -0.39 is 17.2 Å². The summed E-state index contributed by atoms with van der Waals surface area (Å²) in [5.74, 6) is 0. The fourth-order valence-electron chi connectivity index (χ4n) is 0.397. The molecule has 0 aliphatic carbocycles. The first-order valence-corrected chi connectivity index (χ1v) is 5.07. The summed E-state index contributed by atoms with van der Waals surface area (Å²) in [6.45, 7) is 0.849. The Balaban J connectivity index is 1.95. The number of hydrogen-bond donors (Lipinski definition) is 3. The normalized spacial score (nSPS) is 25.6. The van der Waals surface area contributed by atoms with E-state index in [1.807, 2.05) is 0 Å². The average Bonchev–Trinajstić information content (AvgIpc) is 2.63. The van der Waals surface area contributed by atoms with Crippen LogP contribution in [0.2, 0.25) is 0 Å². The molecule has 1 saturated heterocycles. The van der Waals surface area contributed by atoms with E-state index >= 15 is 0 Å². The molecule has 66 valence electrons. The molecule has 0 aromatic heterocycles. The lowest BCUT2D eigenvalue weighted by Crippen LogP contribution is -1.97. The molecule has 1 rings (SSSR count). The summed E-state index contributed by atoms with van der Waals surface area (Å²) in [6.07, 6.45) is 0.0272. The topological polar surface area (TPSA) is 91.7 Å². The molecule has 1 fully saturated rings. The Labute approximate surface area is 65.7 Å². The van der Waals surface area contributed by atoms with Crippen molar-refractivity contribution in [2.24, 2.45) is 0 Å². The van der Waals surface area contributed by atoms with Gasteiger partial charge in [0.25, 0.3) is 0 Å². The standard InChI is InChI=1S/C3H8O6P2/c4-10(5)9-11(6)8-2-3-1-7-3/h3-6H,1-2H2. The summed E-state index contributed by atoms with van der Waals surface area (Å²) in [5, 5.41) is 0. The van der Waals surface area contributed by atoms with Crippen molar-refractivity contribution in [3.05, 3.63) is 0 Å². The van der Waals surface area contributed by atoms with E-state index in [1.54, 1.807) is 0 Å². The maximum absolute atomic E-state index is 8.76. The van der Waals surface area contributed by atoms with Crippen molar-refractivity contribution in [3.63, 3.8) is 0 Å². The molecular formula is C3H8O6P2. The summed E-state index contributed by atoms with van der Waals surface area (Å²) in [7, 11) is -4.70.